The van der Waals surface area contributed by atoms with Crippen molar-refractivity contribution in [1.29, 1.82) is 0 Å². The number of carbonyl (C=O) groups is 1. The summed E-state index contributed by atoms with van der Waals surface area (Å²) in [4.78, 5) is 16.6. The number of aryl methyl sites for hydroxylation is 1. The van der Waals surface area contributed by atoms with Crippen molar-refractivity contribution in [2.24, 2.45) is 0 Å². The molecule has 0 saturated carbocycles. The molecule has 0 aliphatic carbocycles. The lowest BCUT2D eigenvalue weighted by Gasteiger charge is -2.38. The van der Waals surface area contributed by atoms with Crippen LogP contribution in [0.4, 0.5) is 8.78 Å². The van der Waals surface area contributed by atoms with Crippen molar-refractivity contribution in [3.63, 3.8) is 0 Å². The highest BCUT2D eigenvalue weighted by atomic mass is 19.1. The minimum atomic E-state index is -0.565. The molecule has 0 bridgehead atoms. The Labute approximate surface area is 153 Å². The molecular formula is C21H24F2N2O. The van der Waals surface area contributed by atoms with E-state index in [0.717, 1.165) is 17.2 Å². The first kappa shape index (κ1) is 18.5. The molecule has 2 aromatic rings. The Kier molecular flexibility index (Phi) is 5.67. The third-order valence-corrected chi connectivity index (χ3v) is 5.23. The molecule has 3 rings (SSSR count). The standard InChI is InChI=1S/C21H24F2N2O/c1-15-5-3-4-6-17(15)13-21(26)25-11-9-24(10-12-25)16(2)19-8-7-18(22)14-20(19)23/h3-8,14,16H,9-13H2,1-2H3. The van der Waals surface area contributed by atoms with Crippen molar-refractivity contribution < 1.29 is 13.6 Å². The third kappa shape index (κ3) is 4.10. The average Bonchev–Trinajstić information content (AvgIpc) is 2.63. The quantitative estimate of drug-likeness (QED) is 0.832. The number of halogens is 2. The van der Waals surface area contributed by atoms with Crippen molar-refractivity contribution in [2.75, 3.05) is 26.2 Å². The van der Waals surface area contributed by atoms with Crippen molar-refractivity contribution in [3.05, 3.63) is 70.8 Å². The second-order valence-electron chi connectivity index (χ2n) is 6.86. The fourth-order valence-corrected chi connectivity index (χ4v) is 3.48. The molecule has 1 amide bonds. The topological polar surface area (TPSA) is 23.6 Å². The predicted octanol–water partition coefficient (Wildman–Crippen LogP) is 3.72. The third-order valence-electron chi connectivity index (χ3n) is 5.23. The molecule has 26 heavy (non-hydrogen) atoms. The first-order valence-corrected chi connectivity index (χ1v) is 8.97. The van der Waals surface area contributed by atoms with E-state index >= 15 is 0 Å². The van der Waals surface area contributed by atoms with Crippen LogP contribution < -0.4 is 0 Å². The molecule has 1 atom stereocenters. The first-order valence-electron chi connectivity index (χ1n) is 8.97. The number of carbonyl (C=O) groups excluding carboxylic acids is 1. The second-order valence-corrected chi connectivity index (χ2v) is 6.86. The molecule has 1 unspecified atom stereocenters. The summed E-state index contributed by atoms with van der Waals surface area (Å²) in [7, 11) is 0. The van der Waals surface area contributed by atoms with Gasteiger partial charge in [0.2, 0.25) is 5.91 Å². The Morgan fingerprint density at radius 2 is 1.77 bits per heavy atom. The van der Waals surface area contributed by atoms with Gasteiger partial charge in [0.1, 0.15) is 11.6 Å². The zero-order valence-corrected chi connectivity index (χ0v) is 15.2. The van der Waals surface area contributed by atoms with Crippen LogP contribution in [-0.4, -0.2) is 41.9 Å². The Balaban J connectivity index is 1.58. The van der Waals surface area contributed by atoms with Gasteiger partial charge >= 0.3 is 0 Å². The molecule has 1 aliphatic heterocycles. The Bertz CT molecular complexity index is 785. The number of amides is 1. The minimum absolute atomic E-state index is 0.125. The second kappa shape index (κ2) is 7.96. The monoisotopic (exact) mass is 358 g/mol. The van der Waals surface area contributed by atoms with E-state index in [1.165, 1.54) is 12.1 Å². The van der Waals surface area contributed by atoms with E-state index < -0.39 is 11.6 Å². The van der Waals surface area contributed by atoms with E-state index in [1.807, 2.05) is 43.0 Å². The van der Waals surface area contributed by atoms with E-state index in [-0.39, 0.29) is 11.9 Å². The normalized spacial score (nSPS) is 16.5. The Morgan fingerprint density at radius 1 is 1.08 bits per heavy atom. The van der Waals surface area contributed by atoms with Gasteiger partial charge in [0.05, 0.1) is 6.42 Å². The summed E-state index contributed by atoms with van der Waals surface area (Å²) in [6.45, 7) is 6.53. The maximum atomic E-state index is 14.0. The SMILES string of the molecule is Cc1ccccc1CC(=O)N1CCN(C(C)c2ccc(F)cc2F)CC1. The molecule has 0 radical (unpaired) electrons. The number of piperazine rings is 1. The maximum Gasteiger partial charge on any atom is 0.227 e. The molecule has 0 aromatic heterocycles. The predicted molar refractivity (Wildman–Crippen MR) is 97.8 cm³/mol. The van der Waals surface area contributed by atoms with Crippen LogP contribution >= 0.6 is 0 Å². The van der Waals surface area contributed by atoms with E-state index in [1.54, 1.807) is 0 Å². The molecule has 1 fully saturated rings. The fraction of sp³-hybridized carbons (Fsp3) is 0.381. The summed E-state index contributed by atoms with van der Waals surface area (Å²) in [6.07, 6.45) is 0.412. The van der Waals surface area contributed by atoms with Crippen LogP contribution in [0.15, 0.2) is 42.5 Å². The fourth-order valence-electron chi connectivity index (χ4n) is 3.48. The lowest BCUT2D eigenvalue weighted by atomic mass is 10.0. The average molecular weight is 358 g/mol. The van der Waals surface area contributed by atoms with Gasteiger partial charge in [-0.05, 0) is 31.0 Å². The van der Waals surface area contributed by atoms with Gasteiger partial charge in [-0.1, -0.05) is 30.3 Å². The summed E-state index contributed by atoms with van der Waals surface area (Å²) in [5.74, 6) is -0.958. The van der Waals surface area contributed by atoms with Gasteiger partial charge in [-0.15, -0.1) is 0 Å². The summed E-state index contributed by atoms with van der Waals surface area (Å²) in [5.41, 5.74) is 2.67. The Morgan fingerprint density at radius 3 is 2.42 bits per heavy atom. The highest BCUT2D eigenvalue weighted by Crippen LogP contribution is 2.25. The van der Waals surface area contributed by atoms with Crippen molar-refractivity contribution >= 4 is 5.91 Å². The van der Waals surface area contributed by atoms with Crippen molar-refractivity contribution in [1.82, 2.24) is 9.80 Å². The molecule has 1 aliphatic rings. The molecule has 138 valence electrons. The van der Waals surface area contributed by atoms with Crippen LogP contribution in [0, 0.1) is 18.6 Å². The Hall–Kier alpha value is -2.27. The number of benzene rings is 2. The van der Waals surface area contributed by atoms with E-state index in [0.29, 0.717) is 38.2 Å². The summed E-state index contributed by atoms with van der Waals surface area (Å²) in [6, 6.07) is 11.5. The zero-order chi connectivity index (χ0) is 18.7. The maximum absolute atomic E-state index is 14.0. The van der Waals surface area contributed by atoms with E-state index in [2.05, 4.69) is 4.90 Å². The zero-order valence-electron chi connectivity index (χ0n) is 15.2. The van der Waals surface area contributed by atoms with Gasteiger partial charge in [-0.2, -0.15) is 0 Å². The van der Waals surface area contributed by atoms with Gasteiger partial charge in [-0.3, -0.25) is 9.69 Å². The first-order chi connectivity index (χ1) is 12.5. The van der Waals surface area contributed by atoms with Crippen LogP contribution in [0.3, 0.4) is 0 Å². The molecule has 5 heteroatoms. The molecule has 3 nitrogen and oxygen atoms in total. The van der Waals surface area contributed by atoms with Crippen LogP contribution in [0.1, 0.15) is 29.7 Å². The van der Waals surface area contributed by atoms with Gasteiger partial charge in [0, 0.05) is 43.9 Å². The van der Waals surface area contributed by atoms with Gasteiger partial charge in [0.25, 0.3) is 0 Å². The highest BCUT2D eigenvalue weighted by Gasteiger charge is 2.26. The highest BCUT2D eigenvalue weighted by molar-refractivity contribution is 5.79. The summed E-state index contributed by atoms with van der Waals surface area (Å²) < 4.78 is 27.1. The van der Waals surface area contributed by atoms with Crippen LogP contribution in [0.25, 0.3) is 0 Å². The molecule has 0 spiro atoms. The molecule has 2 aromatic carbocycles. The van der Waals surface area contributed by atoms with Gasteiger partial charge in [-0.25, -0.2) is 8.78 Å². The minimum Gasteiger partial charge on any atom is -0.340 e. The largest absolute Gasteiger partial charge is 0.340 e. The van der Waals surface area contributed by atoms with Crippen LogP contribution in [0.5, 0.6) is 0 Å². The van der Waals surface area contributed by atoms with Crippen LogP contribution in [0.2, 0.25) is 0 Å². The van der Waals surface area contributed by atoms with Crippen molar-refractivity contribution in [3.8, 4) is 0 Å². The number of hydrogen-bond donors (Lipinski definition) is 0. The number of nitrogens with zero attached hydrogens (tertiary/aromatic N) is 2. The summed E-state index contributed by atoms with van der Waals surface area (Å²) >= 11 is 0. The number of hydrogen-bond acceptors (Lipinski definition) is 2. The molecule has 1 heterocycles. The molecule has 0 N–H and O–H groups in total. The van der Waals surface area contributed by atoms with Gasteiger partial charge in [0.15, 0.2) is 0 Å². The van der Waals surface area contributed by atoms with E-state index in [4.69, 9.17) is 0 Å². The molecular weight excluding hydrogens is 334 g/mol. The van der Waals surface area contributed by atoms with E-state index in [9.17, 15) is 13.6 Å². The lowest BCUT2D eigenvalue weighted by Crippen LogP contribution is -2.49. The smallest absolute Gasteiger partial charge is 0.227 e. The number of rotatable bonds is 4. The summed E-state index contributed by atoms with van der Waals surface area (Å²) in [5, 5.41) is 0. The van der Waals surface area contributed by atoms with Gasteiger partial charge < -0.3 is 4.90 Å². The van der Waals surface area contributed by atoms with Crippen molar-refractivity contribution in [2.45, 2.75) is 26.3 Å². The van der Waals surface area contributed by atoms with Crippen LogP contribution in [-0.2, 0) is 11.2 Å². The lowest BCUT2D eigenvalue weighted by molar-refractivity contribution is -0.132. The molecule has 1 saturated heterocycles.